The second-order valence-electron chi connectivity index (χ2n) is 6.91. The Morgan fingerprint density at radius 1 is 1.15 bits per heavy atom. The van der Waals surface area contributed by atoms with Gasteiger partial charge in [-0.2, -0.15) is 0 Å². The molecule has 150 valence electrons. The summed E-state index contributed by atoms with van der Waals surface area (Å²) in [5, 5.41) is 3.28. The molecule has 1 aromatic rings. The summed E-state index contributed by atoms with van der Waals surface area (Å²) >= 11 is 0. The molecule has 27 heavy (non-hydrogen) atoms. The van der Waals surface area contributed by atoms with E-state index in [0.29, 0.717) is 38.1 Å². The Kier molecular flexibility index (Phi) is 9.02. The van der Waals surface area contributed by atoms with Crippen molar-refractivity contribution < 1.29 is 4.79 Å². The van der Waals surface area contributed by atoms with Crippen molar-refractivity contribution in [3.63, 3.8) is 0 Å². The molecule has 3 rings (SSSR count). The van der Waals surface area contributed by atoms with Crippen LogP contribution in [0.2, 0.25) is 0 Å². The third kappa shape index (κ3) is 6.78. The Morgan fingerprint density at radius 3 is 2.48 bits per heavy atom. The average molecular weight is 487 g/mol. The molecule has 0 atom stereocenters. The third-order valence-electron chi connectivity index (χ3n) is 5.03. The monoisotopic (exact) mass is 487 g/mol. The van der Waals surface area contributed by atoms with Crippen LogP contribution in [0, 0.1) is 0 Å². The zero-order valence-corrected chi connectivity index (χ0v) is 18.0. The van der Waals surface area contributed by atoms with Gasteiger partial charge in [-0.3, -0.25) is 9.79 Å². The first kappa shape index (κ1) is 21.6. The van der Waals surface area contributed by atoms with Crippen molar-refractivity contribution >= 4 is 41.8 Å². The molecule has 2 aliphatic rings. The van der Waals surface area contributed by atoms with Crippen molar-refractivity contribution in [2.45, 2.75) is 44.6 Å². The molecule has 1 aromatic heterocycles. The van der Waals surface area contributed by atoms with E-state index in [4.69, 9.17) is 5.73 Å². The SMILES string of the molecule is I.NC(=NCCC(=O)N1CCN(c2ncccn2)CC1)NC1CCCCC1. The van der Waals surface area contributed by atoms with Crippen molar-refractivity contribution in [2.24, 2.45) is 10.7 Å². The Bertz CT molecular complexity index is 599. The van der Waals surface area contributed by atoms with Crippen molar-refractivity contribution in [2.75, 3.05) is 37.6 Å². The summed E-state index contributed by atoms with van der Waals surface area (Å²) in [5.74, 6) is 1.33. The van der Waals surface area contributed by atoms with Crippen LogP contribution in [0.15, 0.2) is 23.5 Å². The number of nitrogens with two attached hydrogens (primary N) is 1. The van der Waals surface area contributed by atoms with Crippen LogP contribution in [0.5, 0.6) is 0 Å². The van der Waals surface area contributed by atoms with Gasteiger partial charge in [0.15, 0.2) is 5.96 Å². The van der Waals surface area contributed by atoms with Crippen molar-refractivity contribution in [1.29, 1.82) is 0 Å². The molecule has 0 spiro atoms. The van der Waals surface area contributed by atoms with Crippen molar-refractivity contribution in [1.82, 2.24) is 20.2 Å². The number of hydrogen-bond donors (Lipinski definition) is 2. The fourth-order valence-electron chi connectivity index (χ4n) is 3.54. The van der Waals surface area contributed by atoms with E-state index in [9.17, 15) is 4.79 Å². The molecule has 2 heterocycles. The molecule has 1 amide bonds. The van der Waals surface area contributed by atoms with E-state index in [1.54, 1.807) is 18.5 Å². The lowest BCUT2D eigenvalue weighted by Crippen LogP contribution is -2.49. The van der Waals surface area contributed by atoms with E-state index in [2.05, 4.69) is 25.2 Å². The number of carbonyl (C=O) groups is 1. The number of anilines is 1. The van der Waals surface area contributed by atoms with Gasteiger partial charge in [0.25, 0.3) is 0 Å². The third-order valence-corrected chi connectivity index (χ3v) is 5.03. The van der Waals surface area contributed by atoms with E-state index < -0.39 is 0 Å². The van der Waals surface area contributed by atoms with Gasteiger partial charge in [0.05, 0.1) is 6.54 Å². The second-order valence-corrected chi connectivity index (χ2v) is 6.91. The molecule has 1 saturated heterocycles. The van der Waals surface area contributed by atoms with Crippen molar-refractivity contribution in [3.05, 3.63) is 18.5 Å². The largest absolute Gasteiger partial charge is 0.370 e. The molecule has 1 aliphatic carbocycles. The Hall–Kier alpha value is -1.65. The lowest BCUT2D eigenvalue weighted by molar-refractivity contribution is -0.131. The molecule has 1 saturated carbocycles. The second kappa shape index (κ2) is 11.3. The highest BCUT2D eigenvalue weighted by molar-refractivity contribution is 14.0. The molecule has 3 N–H and O–H groups in total. The zero-order chi connectivity index (χ0) is 18.2. The molecule has 0 unspecified atom stereocenters. The van der Waals surface area contributed by atoms with E-state index in [-0.39, 0.29) is 29.9 Å². The number of nitrogens with zero attached hydrogens (tertiary/aromatic N) is 5. The minimum Gasteiger partial charge on any atom is -0.370 e. The van der Waals surface area contributed by atoms with Gasteiger partial charge < -0.3 is 20.9 Å². The van der Waals surface area contributed by atoms with Crippen LogP contribution >= 0.6 is 24.0 Å². The fraction of sp³-hybridized carbons (Fsp3) is 0.667. The quantitative estimate of drug-likeness (QED) is 0.370. The summed E-state index contributed by atoms with van der Waals surface area (Å²) in [6, 6.07) is 2.25. The van der Waals surface area contributed by atoms with E-state index in [1.807, 2.05) is 4.90 Å². The highest BCUT2D eigenvalue weighted by atomic mass is 127. The normalized spacial score (nSPS) is 18.7. The van der Waals surface area contributed by atoms with Crippen LogP contribution < -0.4 is 16.0 Å². The first-order valence-electron chi connectivity index (χ1n) is 9.58. The minimum atomic E-state index is 0. The van der Waals surface area contributed by atoms with Gasteiger partial charge in [0, 0.05) is 51.0 Å². The Morgan fingerprint density at radius 2 is 1.81 bits per heavy atom. The first-order chi connectivity index (χ1) is 12.7. The molecule has 1 aliphatic heterocycles. The van der Waals surface area contributed by atoms with Gasteiger partial charge in [-0.1, -0.05) is 19.3 Å². The molecule has 0 aromatic carbocycles. The summed E-state index contributed by atoms with van der Waals surface area (Å²) in [6.45, 7) is 3.33. The summed E-state index contributed by atoms with van der Waals surface area (Å²) in [5.41, 5.74) is 5.95. The number of aliphatic imine (C=N–C) groups is 1. The lowest BCUT2D eigenvalue weighted by Gasteiger charge is -2.34. The molecular formula is C18H30IN7O. The molecule has 2 fully saturated rings. The molecular weight excluding hydrogens is 457 g/mol. The van der Waals surface area contributed by atoms with Gasteiger partial charge in [0.2, 0.25) is 11.9 Å². The highest BCUT2D eigenvalue weighted by Crippen LogP contribution is 2.17. The number of nitrogens with one attached hydrogen (secondary N) is 1. The number of hydrogen-bond acceptors (Lipinski definition) is 5. The first-order valence-corrected chi connectivity index (χ1v) is 9.58. The number of guanidine groups is 1. The summed E-state index contributed by atoms with van der Waals surface area (Å²) in [6.07, 6.45) is 10.0. The topological polar surface area (TPSA) is 99.7 Å². The van der Waals surface area contributed by atoms with Gasteiger partial charge >= 0.3 is 0 Å². The summed E-state index contributed by atoms with van der Waals surface area (Å²) < 4.78 is 0. The molecule has 0 radical (unpaired) electrons. The van der Waals surface area contributed by atoms with Crippen LogP contribution in [-0.2, 0) is 4.79 Å². The smallest absolute Gasteiger partial charge is 0.225 e. The van der Waals surface area contributed by atoms with Gasteiger partial charge in [0.1, 0.15) is 0 Å². The maximum absolute atomic E-state index is 12.4. The molecule has 0 bridgehead atoms. The fourth-order valence-corrected chi connectivity index (χ4v) is 3.54. The van der Waals surface area contributed by atoms with Crippen LogP contribution in [0.4, 0.5) is 5.95 Å². The number of rotatable bonds is 5. The number of carbonyl (C=O) groups excluding carboxylic acids is 1. The van der Waals surface area contributed by atoms with E-state index in [0.717, 1.165) is 31.9 Å². The van der Waals surface area contributed by atoms with Crippen LogP contribution in [0.3, 0.4) is 0 Å². The number of piperazine rings is 1. The lowest BCUT2D eigenvalue weighted by atomic mass is 9.96. The maximum Gasteiger partial charge on any atom is 0.225 e. The molecule has 9 heteroatoms. The van der Waals surface area contributed by atoms with Crippen LogP contribution in [-0.4, -0.2) is 65.5 Å². The minimum absolute atomic E-state index is 0. The van der Waals surface area contributed by atoms with Crippen molar-refractivity contribution in [3.8, 4) is 0 Å². The highest BCUT2D eigenvalue weighted by Gasteiger charge is 2.22. The van der Waals surface area contributed by atoms with Gasteiger partial charge in [-0.05, 0) is 18.9 Å². The van der Waals surface area contributed by atoms with Crippen LogP contribution in [0.1, 0.15) is 38.5 Å². The zero-order valence-electron chi connectivity index (χ0n) is 15.7. The maximum atomic E-state index is 12.4. The number of amides is 1. The average Bonchev–Trinajstić information content (AvgIpc) is 2.69. The van der Waals surface area contributed by atoms with E-state index in [1.165, 1.54) is 19.3 Å². The standard InChI is InChI=1S/C18H29N7O.HI/c19-17(23-15-5-2-1-3-6-15)20-10-7-16(26)24-11-13-25(14-12-24)18-21-8-4-9-22-18;/h4,8-9,15H,1-3,5-7,10-14H2,(H3,19,20,23);1H. The summed E-state index contributed by atoms with van der Waals surface area (Å²) in [7, 11) is 0. The predicted molar refractivity (Wildman–Crippen MR) is 117 cm³/mol. The number of aromatic nitrogens is 2. The molecule has 8 nitrogen and oxygen atoms in total. The number of halogens is 1. The summed E-state index contributed by atoms with van der Waals surface area (Å²) in [4.78, 5) is 29.2. The Balaban J connectivity index is 0.00000261. The Labute approximate surface area is 178 Å². The van der Waals surface area contributed by atoms with E-state index >= 15 is 0 Å². The van der Waals surface area contributed by atoms with Crippen LogP contribution in [0.25, 0.3) is 0 Å². The van der Waals surface area contributed by atoms with Gasteiger partial charge in [-0.25, -0.2) is 9.97 Å². The van der Waals surface area contributed by atoms with Gasteiger partial charge in [-0.15, -0.1) is 24.0 Å². The predicted octanol–water partition coefficient (Wildman–Crippen LogP) is 1.37.